The Morgan fingerprint density at radius 1 is 1.67 bits per heavy atom. The molecule has 0 amide bonds. The molecule has 4 heteroatoms. The van der Waals surface area contributed by atoms with Crippen LogP contribution >= 0.6 is 11.3 Å². The maximum absolute atomic E-state index is 9.41. The topological polar surface area (TPSA) is 36.4 Å². The van der Waals surface area contributed by atoms with Crippen molar-refractivity contribution in [1.29, 1.82) is 0 Å². The quantitative estimate of drug-likeness (QED) is 0.854. The van der Waals surface area contributed by atoms with Crippen LogP contribution < -0.4 is 0 Å². The van der Waals surface area contributed by atoms with Crippen LogP contribution in [0.2, 0.25) is 0 Å². The van der Waals surface area contributed by atoms with Crippen molar-refractivity contribution < 1.29 is 5.11 Å². The Labute approximate surface area is 94.8 Å². The average molecular weight is 226 g/mol. The Balaban J connectivity index is 1.93. The third kappa shape index (κ3) is 2.77. The van der Waals surface area contributed by atoms with Crippen LogP contribution in [-0.4, -0.2) is 34.2 Å². The lowest BCUT2D eigenvalue weighted by Crippen LogP contribution is -2.21. The smallest absolute Gasteiger partial charge is 0.0954 e. The summed E-state index contributed by atoms with van der Waals surface area (Å²) in [7, 11) is 0. The summed E-state index contributed by atoms with van der Waals surface area (Å²) in [5.74, 6) is 0.521. The third-order valence-corrected chi connectivity index (χ3v) is 3.89. The normalized spacial score (nSPS) is 22.8. The Morgan fingerprint density at radius 3 is 3.00 bits per heavy atom. The SMILES string of the molecule is CC(C)c1nc(CN2CC[C@H](O)C2)cs1. The number of nitrogens with zero attached hydrogens (tertiary/aromatic N) is 2. The molecule has 1 N–H and O–H groups in total. The lowest BCUT2D eigenvalue weighted by molar-refractivity contribution is 0.174. The summed E-state index contributed by atoms with van der Waals surface area (Å²) in [5.41, 5.74) is 1.15. The van der Waals surface area contributed by atoms with E-state index < -0.39 is 0 Å². The molecule has 84 valence electrons. The van der Waals surface area contributed by atoms with E-state index in [4.69, 9.17) is 0 Å². The number of β-amino-alcohol motifs (C(OH)–C–C–N with tert-alkyl or cyclic N) is 1. The Kier molecular flexibility index (Phi) is 3.38. The lowest BCUT2D eigenvalue weighted by Gasteiger charge is -2.12. The van der Waals surface area contributed by atoms with Crippen LogP contribution in [0.4, 0.5) is 0 Å². The minimum Gasteiger partial charge on any atom is -0.392 e. The molecule has 0 spiro atoms. The van der Waals surface area contributed by atoms with E-state index in [1.54, 1.807) is 11.3 Å². The fourth-order valence-electron chi connectivity index (χ4n) is 1.85. The largest absolute Gasteiger partial charge is 0.392 e. The van der Waals surface area contributed by atoms with Crippen molar-refractivity contribution >= 4 is 11.3 Å². The summed E-state index contributed by atoms with van der Waals surface area (Å²) >= 11 is 1.74. The summed E-state index contributed by atoms with van der Waals surface area (Å²) in [4.78, 5) is 6.86. The van der Waals surface area contributed by atoms with E-state index in [9.17, 15) is 5.11 Å². The molecule has 1 aliphatic rings. The third-order valence-electron chi connectivity index (χ3n) is 2.70. The fourth-order valence-corrected chi connectivity index (χ4v) is 2.67. The molecule has 1 aromatic rings. The fraction of sp³-hybridized carbons (Fsp3) is 0.727. The van der Waals surface area contributed by atoms with Crippen molar-refractivity contribution in [3.63, 3.8) is 0 Å². The molecule has 1 atom stereocenters. The van der Waals surface area contributed by atoms with Crippen molar-refractivity contribution in [3.8, 4) is 0 Å². The molecule has 2 heterocycles. The predicted octanol–water partition coefficient (Wildman–Crippen LogP) is 1.83. The number of rotatable bonds is 3. The van der Waals surface area contributed by atoms with Crippen LogP contribution in [0, 0.1) is 0 Å². The van der Waals surface area contributed by atoms with Crippen LogP contribution in [-0.2, 0) is 6.54 Å². The van der Waals surface area contributed by atoms with Gasteiger partial charge in [0, 0.05) is 30.9 Å². The van der Waals surface area contributed by atoms with E-state index in [-0.39, 0.29) is 6.10 Å². The number of aliphatic hydroxyl groups is 1. The molecule has 1 saturated heterocycles. The van der Waals surface area contributed by atoms with Crippen LogP contribution in [0.25, 0.3) is 0 Å². The second-order valence-corrected chi connectivity index (χ2v) is 5.40. The first-order chi connectivity index (χ1) is 7.15. The van der Waals surface area contributed by atoms with Gasteiger partial charge in [-0.1, -0.05) is 13.8 Å². The second-order valence-electron chi connectivity index (χ2n) is 4.51. The van der Waals surface area contributed by atoms with Gasteiger partial charge in [0.25, 0.3) is 0 Å². The zero-order valence-corrected chi connectivity index (χ0v) is 10.1. The van der Waals surface area contributed by atoms with E-state index in [0.29, 0.717) is 5.92 Å². The first-order valence-corrected chi connectivity index (χ1v) is 6.38. The van der Waals surface area contributed by atoms with Gasteiger partial charge in [0.15, 0.2) is 0 Å². The molecule has 1 aliphatic heterocycles. The van der Waals surface area contributed by atoms with Crippen LogP contribution in [0.3, 0.4) is 0 Å². The summed E-state index contributed by atoms with van der Waals surface area (Å²) in [6, 6.07) is 0. The van der Waals surface area contributed by atoms with Gasteiger partial charge in [0.1, 0.15) is 0 Å². The van der Waals surface area contributed by atoms with Crippen molar-refractivity contribution in [2.45, 2.75) is 38.8 Å². The van der Waals surface area contributed by atoms with Gasteiger partial charge in [0.2, 0.25) is 0 Å². The first-order valence-electron chi connectivity index (χ1n) is 5.50. The molecule has 15 heavy (non-hydrogen) atoms. The number of aliphatic hydroxyl groups excluding tert-OH is 1. The highest BCUT2D eigenvalue weighted by Gasteiger charge is 2.20. The maximum atomic E-state index is 9.41. The predicted molar refractivity (Wildman–Crippen MR) is 62.1 cm³/mol. The standard InChI is InChI=1S/C11H18N2OS/c1-8(2)11-12-9(7-15-11)5-13-4-3-10(14)6-13/h7-8,10,14H,3-6H2,1-2H3/t10-/m0/s1. The first kappa shape index (κ1) is 11.0. The maximum Gasteiger partial charge on any atom is 0.0954 e. The highest BCUT2D eigenvalue weighted by atomic mass is 32.1. The van der Waals surface area contributed by atoms with Crippen LogP contribution in [0.1, 0.15) is 36.9 Å². The Hall–Kier alpha value is -0.450. The van der Waals surface area contributed by atoms with E-state index >= 15 is 0 Å². The van der Waals surface area contributed by atoms with E-state index in [1.165, 1.54) is 5.01 Å². The molecule has 2 rings (SSSR count). The van der Waals surface area contributed by atoms with Crippen molar-refractivity contribution in [2.24, 2.45) is 0 Å². The molecule has 0 unspecified atom stereocenters. The minimum absolute atomic E-state index is 0.131. The molecular weight excluding hydrogens is 208 g/mol. The number of likely N-dealkylation sites (tertiary alicyclic amines) is 1. The number of hydrogen-bond acceptors (Lipinski definition) is 4. The minimum atomic E-state index is -0.131. The average Bonchev–Trinajstić information content (AvgIpc) is 2.76. The summed E-state index contributed by atoms with van der Waals surface area (Å²) in [5, 5.41) is 12.8. The molecule has 0 aliphatic carbocycles. The molecule has 1 fully saturated rings. The molecule has 3 nitrogen and oxygen atoms in total. The van der Waals surface area contributed by atoms with Gasteiger partial charge in [-0.3, -0.25) is 4.90 Å². The van der Waals surface area contributed by atoms with E-state index in [2.05, 4.69) is 29.1 Å². The highest BCUT2D eigenvalue weighted by Crippen LogP contribution is 2.21. The summed E-state index contributed by atoms with van der Waals surface area (Å²) in [6.07, 6.45) is 0.773. The molecular formula is C11H18N2OS. The molecule has 0 saturated carbocycles. The van der Waals surface area contributed by atoms with Gasteiger partial charge in [-0.15, -0.1) is 11.3 Å². The summed E-state index contributed by atoms with van der Waals surface area (Å²) < 4.78 is 0. The van der Waals surface area contributed by atoms with Gasteiger partial charge < -0.3 is 5.11 Å². The summed E-state index contributed by atoms with van der Waals surface area (Å²) in [6.45, 7) is 7.02. The van der Waals surface area contributed by atoms with Crippen molar-refractivity contribution in [3.05, 3.63) is 16.1 Å². The molecule has 0 radical (unpaired) electrons. The highest BCUT2D eigenvalue weighted by molar-refractivity contribution is 7.09. The van der Waals surface area contributed by atoms with Gasteiger partial charge in [0.05, 0.1) is 16.8 Å². The van der Waals surface area contributed by atoms with Gasteiger partial charge in [-0.25, -0.2) is 4.98 Å². The second kappa shape index (κ2) is 4.60. The zero-order valence-electron chi connectivity index (χ0n) is 9.31. The lowest BCUT2D eigenvalue weighted by atomic mass is 10.2. The number of aromatic nitrogens is 1. The van der Waals surface area contributed by atoms with Gasteiger partial charge in [-0.05, 0) is 6.42 Å². The Bertz CT molecular complexity index is 324. The van der Waals surface area contributed by atoms with Crippen molar-refractivity contribution in [2.75, 3.05) is 13.1 Å². The number of thiazole rings is 1. The number of hydrogen-bond donors (Lipinski definition) is 1. The van der Waals surface area contributed by atoms with Gasteiger partial charge >= 0.3 is 0 Å². The van der Waals surface area contributed by atoms with Crippen molar-refractivity contribution in [1.82, 2.24) is 9.88 Å². The molecule has 0 bridgehead atoms. The molecule has 1 aromatic heterocycles. The van der Waals surface area contributed by atoms with Crippen LogP contribution in [0.15, 0.2) is 5.38 Å². The monoisotopic (exact) mass is 226 g/mol. The van der Waals surface area contributed by atoms with E-state index in [1.807, 2.05) is 0 Å². The Morgan fingerprint density at radius 2 is 2.47 bits per heavy atom. The van der Waals surface area contributed by atoms with E-state index in [0.717, 1.165) is 31.7 Å². The van der Waals surface area contributed by atoms with Gasteiger partial charge in [-0.2, -0.15) is 0 Å². The molecule has 0 aromatic carbocycles. The zero-order chi connectivity index (χ0) is 10.8. The van der Waals surface area contributed by atoms with Crippen LogP contribution in [0.5, 0.6) is 0 Å².